The SMILES string of the molecule is CNCC(C)c1ccc(-c2ccc(Br)cc2)s1. The number of halogens is 1. The van der Waals surface area contributed by atoms with Crippen LogP contribution in [-0.2, 0) is 0 Å². The van der Waals surface area contributed by atoms with Gasteiger partial charge in [-0.2, -0.15) is 0 Å². The molecule has 1 nitrogen and oxygen atoms in total. The molecule has 0 aliphatic carbocycles. The van der Waals surface area contributed by atoms with Gasteiger partial charge in [0.25, 0.3) is 0 Å². The largest absolute Gasteiger partial charge is 0.319 e. The number of benzene rings is 1. The molecular weight excluding hydrogens is 294 g/mol. The van der Waals surface area contributed by atoms with Crippen molar-refractivity contribution in [2.24, 2.45) is 0 Å². The predicted octanol–water partition coefficient (Wildman–Crippen LogP) is 4.50. The highest BCUT2D eigenvalue weighted by Crippen LogP contribution is 2.32. The normalized spacial score (nSPS) is 12.6. The maximum Gasteiger partial charge on any atom is 0.0345 e. The third kappa shape index (κ3) is 3.18. The van der Waals surface area contributed by atoms with Crippen LogP contribution in [0.4, 0.5) is 0 Å². The molecule has 0 spiro atoms. The lowest BCUT2D eigenvalue weighted by Crippen LogP contribution is -2.13. The zero-order valence-electron chi connectivity index (χ0n) is 10.0. The van der Waals surface area contributed by atoms with Crippen molar-refractivity contribution in [3.8, 4) is 10.4 Å². The Morgan fingerprint density at radius 1 is 1.18 bits per heavy atom. The lowest BCUT2D eigenvalue weighted by Gasteiger charge is -2.07. The van der Waals surface area contributed by atoms with Crippen LogP contribution in [-0.4, -0.2) is 13.6 Å². The fourth-order valence-corrected chi connectivity index (χ4v) is 3.12. The van der Waals surface area contributed by atoms with E-state index in [-0.39, 0.29) is 0 Å². The average molecular weight is 310 g/mol. The molecule has 1 aromatic carbocycles. The van der Waals surface area contributed by atoms with Crippen LogP contribution in [0.15, 0.2) is 40.9 Å². The maximum atomic E-state index is 3.46. The Morgan fingerprint density at radius 2 is 1.88 bits per heavy atom. The van der Waals surface area contributed by atoms with E-state index in [1.54, 1.807) is 0 Å². The van der Waals surface area contributed by atoms with Gasteiger partial charge in [0.1, 0.15) is 0 Å². The molecule has 0 saturated carbocycles. The summed E-state index contributed by atoms with van der Waals surface area (Å²) >= 11 is 5.35. The molecule has 2 rings (SSSR count). The number of nitrogens with one attached hydrogen (secondary N) is 1. The fraction of sp³-hybridized carbons (Fsp3) is 0.286. The fourth-order valence-electron chi connectivity index (χ4n) is 1.79. The van der Waals surface area contributed by atoms with Gasteiger partial charge >= 0.3 is 0 Å². The topological polar surface area (TPSA) is 12.0 Å². The second-order valence-electron chi connectivity index (χ2n) is 4.17. The third-order valence-electron chi connectivity index (χ3n) is 2.75. The Balaban J connectivity index is 2.20. The highest BCUT2D eigenvalue weighted by molar-refractivity contribution is 9.10. The molecule has 0 aliphatic heterocycles. The van der Waals surface area contributed by atoms with Crippen LogP contribution in [0.3, 0.4) is 0 Å². The molecule has 2 aromatic rings. The van der Waals surface area contributed by atoms with Gasteiger partial charge < -0.3 is 5.32 Å². The number of hydrogen-bond donors (Lipinski definition) is 1. The molecule has 17 heavy (non-hydrogen) atoms. The van der Waals surface area contributed by atoms with Crippen LogP contribution in [0.5, 0.6) is 0 Å². The zero-order valence-corrected chi connectivity index (χ0v) is 12.4. The van der Waals surface area contributed by atoms with E-state index < -0.39 is 0 Å². The number of hydrogen-bond acceptors (Lipinski definition) is 2. The molecule has 1 aromatic heterocycles. The summed E-state index contributed by atoms with van der Waals surface area (Å²) in [4.78, 5) is 2.78. The minimum absolute atomic E-state index is 0.578. The van der Waals surface area contributed by atoms with Gasteiger partial charge in [0, 0.05) is 26.7 Å². The first-order valence-electron chi connectivity index (χ1n) is 5.71. The Labute approximate surface area is 115 Å². The first kappa shape index (κ1) is 12.8. The van der Waals surface area contributed by atoms with E-state index in [0.717, 1.165) is 11.0 Å². The van der Waals surface area contributed by atoms with Gasteiger partial charge in [-0.1, -0.05) is 35.0 Å². The Hall–Kier alpha value is -0.640. The highest BCUT2D eigenvalue weighted by Gasteiger charge is 2.08. The van der Waals surface area contributed by atoms with Crippen LogP contribution >= 0.6 is 27.3 Å². The molecule has 90 valence electrons. The third-order valence-corrected chi connectivity index (χ3v) is 4.65. The highest BCUT2D eigenvalue weighted by atomic mass is 79.9. The monoisotopic (exact) mass is 309 g/mol. The van der Waals surface area contributed by atoms with Crippen molar-refractivity contribution in [1.29, 1.82) is 0 Å². The van der Waals surface area contributed by atoms with E-state index in [2.05, 4.69) is 64.6 Å². The van der Waals surface area contributed by atoms with Gasteiger partial charge in [-0.25, -0.2) is 0 Å². The van der Waals surface area contributed by atoms with E-state index >= 15 is 0 Å². The number of likely N-dealkylation sites (N-methyl/N-ethyl adjacent to an activating group) is 1. The summed E-state index contributed by atoms with van der Waals surface area (Å²) in [5.74, 6) is 0.578. The summed E-state index contributed by atoms with van der Waals surface area (Å²) in [6, 6.07) is 12.9. The molecule has 0 radical (unpaired) electrons. The summed E-state index contributed by atoms with van der Waals surface area (Å²) < 4.78 is 1.13. The second kappa shape index (κ2) is 5.80. The average Bonchev–Trinajstić information content (AvgIpc) is 2.80. The van der Waals surface area contributed by atoms with E-state index in [0.29, 0.717) is 5.92 Å². The van der Waals surface area contributed by atoms with Crippen molar-refractivity contribution >= 4 is 27.3 Å². The summed E-state index contributed by atoms with van der Waals surface area (Å²) in [6.45, 7) is 3.29. The first-order valence-corrected chi connectivity index (χ1v) is 7.32. The molecule has 0 aliphatic rings. The molecule has 1 atom stereocenters. The smallest absolute Gasteiger partial charge is 0.0345 e. The standard InChI is InChI=1S/C14H16BrNS/c1-10(9-16-2)13-7-8-14(17-13)11-3-5-12(15)6-4-11/h3-8,10,16H,9H2,1-2H3. The molecule has 1 unspecified atom stereocenters. The summed E-state index contributed by atoms with van der Waals surface area (Å²) in [5.41, 5.74) is 1.29. The molecule has 1 N–H and O–H groups in total. The molecule has 1 heterocycles. The zero-order chi connectivity index (χ0) is 12.3. The number of thiophene rings is 1. The van der Waals surface area contributed by atoms with Crippen molar-refractivity contribution in [2.45, 2.75) is 12.8 Å². The molecule has 3 heteroatoms. The van der Waals surface area contributed by atoms with Crippen LogP contribution in [0.25, 0.3) is 10.4 Å². The summed E-state index contributed by atoms with van der Waals surface area (Å²) in [6.07, 6.45) is 0. The van der Waals surface area contributed by atoms with Crippen molar-refractivity contribution in [1.82, 2.24) is 5.32 Å². The molecule has 0 amide bonds. The van der Waals surface area contributed by atoms with Crippen molar-refractivity contribution < 1.29 is 0 Å². The van der Waals surface area contributed by atoms with E-state index in [1.807, 2.05) is 18.4 Å². The van der Waals surface area contributed by atoms with Crippen molar-refractivity contribution in [2.75, 3.05) is 13.6 Å². The quantitative estimate of drug-likeness (QED) is 0.876. The predicted molar refractivity (Wildman–Crippen MR) is 79.8 cm³/mol. The van der Waals surface area contributed by atoms with Gasteiger partial charge in [0.15, 0.2) is 0 Å². The second-order valence-corrected chi connectivity index (χ2v) is 6.20. The minimum Gasteiger partial charge on any atom is -0.319 e. The van der Waals surface area contributed by atoms with Gasteiger partial charge in [0.2, 0.25) is 0 Å². The minimum atomic E-state index is 0.578. The number of rotatable bonds is 4. The van der Waals surface area contributed by atoms with Crippen molar-refractivity contribution in [3.05, 3.63) is 45.7 Å². The Bertz CT molecular complexity index is 475. The summed E-state index contributed by atoms with van der Waals surface area (Å²) in [7, 11) is 2.00. The molecule has 0 fully saturated rings. The Kier molecular flexibility index (Phi) is 4.37. The maximum absolute atomic E-state index is 3.46. The lowest BCUT2D eigenvalue weighted by molar-refractivity contribution is 0.687. The van der Waals surface area contributed by atoms with Gasteiger partial charge in [0.05, 0.1) is 0 Å². The van der Waals surface area contributed by atoms with Gasteiger partial charge in [-0.15, -0.1) is 11.3 Å². The van der Waals surface area contributed by atoms with Crippen LogP contribution in [0, 0.1) is 0 Å². The van der Waals surface area contributed by atoms with E-state index in [1.165, 1.54) is 15.3 Å². The van der Waals surface area contributed by atoms with Gasteiger partial charge in [-0.3, -0.25) is 0 Å². The Morgan fingerprint density at radius 3 is 2.53 bits per heavy atom. The van der Waals surface area contributed by atoms with Crippen LogP contribution in [0.2, 0.25) is 0 Å². The molecular formula is C14H16BrNS. The van der Waals surface area contributed by atoms with Crippen LogP contribution < -0.4 is 5.32 Å². The lowest BCUT2D eigenvalue weighted by atomic mass is 10.1. The first-order chi connectivity index (χ1) is 8.20. The van der Waals surface area contributed by atoms with Gasteiger partial charge in [-0.05, 0) is 36.9 Å². The van der Waals surface area contributed by atoms with E-state index in [4.69, 9.17) is 0 Å². The molecule has 0 bridgehead atoms. The molecule has 0 saturated heterocycles. The summed E-state index contributed by atoms with van der Waals surface area (Å²) in [5, 5.41) is 3.22. The van der Waals surface area contributed by atoms with E-state index in [9.17, 15) is 0 Å². The van der Waals surface area contributed by atoms with Crippen molar-refractivity contribution in [3.63, 3.8) is 0 Å². The van der Waals surface area contributed by atoms with Crippen LogP contribution in [0.1, 0.15) is 17.7 Å².